The molecule has 1 unspecified atom stereocenters. The first-order chi connectivity index (χ1) is 15.1. The summed E-state index contributed by atoms with van der Waals surface area (Å²) >= 11 is 0. The van der Waals surface area contributed by atoms with Gasteiger partial charge < -0.3 is 9.64 Å². The van der Waals surface area contributed by atoms with Crippen molar-refractivity contribution >= 4 is 11.6 Å². The number of hydrogen-bond donors (Lipinski definition) is 0. The number of ether oxygens (including phenoxy) is 1. The van der Waals surface area contributed by atoms with Gasteiger partial charge in [0.1, 0.15) is 17.0 Å². The number of carbonyl (C=O) groups excluding carboxylic acids is 1. The fourth-order valence-corrected chi connectivity index (χ4v) is 4.63. The number of halogens is 2. The maximum absolute atomic E-state index is 13.9. The van der Waals surface area contributed by atoms with E-state index < -0.39 is 6.43 Å². The number of hydrogen-bond acceptors (Lipinski definition) is 5. The Morgan fingerprint density at radius 3 is 2.87 bits per heavy atom. The molecule has 1 aromatic carbocycles. The highest BCUT2D eigenvalue weighted by atomic mass is 19.3. The lowest BCUT2D eigenvalue weighted by Gasteiger charge is -2.37. The summed E-state index contributed by atoms with van der Waals surface area (Å²) in [5, 5.41) is 4.08. The van der Waals surface area contributed by atoms with Crippen molar-refractivity contribution in [3.63, 3.8) is 0 Å². The zero-order valence-electron chi connectivity index (χ0n) is 17.2. The molecule has 2 saturated heterocycles. The van der Waals surface area contributed by atoms with Crippen molar-refractivity contribution < 1.29 is 18.3 Å². The summed E-state index contributed by atoms with van der Waals surface area (Å²) in [5.41, 5.74) is 0.956. The molecule has 0 aliphatic carbocycles. The second-order valence-electron chi connectivity index (χ2n) is 7.94. The molecule has 5 rings (SSSR count). The zero-order chi connectivity index (χ0) is 21.5. The van der Waals surface area contributed by atoms with Gasteiger partial charge >= 0.3 is 0 Å². The molecule has 0 N–H and O–H groups in total. The number of alkyl halides is 2. The molecule has 7 nitrogen and oxygen atoms in total. The summed E-state index contributed by atoms with van der Waals surface area (Å²) in [6.07, 6.45) is 0.794. The van der Waals surface area contributed by atoms with Crippen LogP contribution in [0.1, 0.15) is 35.3 Å². The van der Waals surface area contributed by atoms with Crippen LogP contribution < -0.4 is 4.74 Å². The topological polar surface area (TPSA) is 63.0 Å². The fraction of sp³-hybridized carbons (Fsp3) is 0.409. The third-order valence-corrected chi connectivity index (χ3v) is 6.21. The van der Waals surface area contributed by atoms with Gasteiger partial charge in [-0.2, -0.15) is 5.10 Å². The number of methoxy groups -OCH3 is 1. The average molecular weight is 427 g/mol. The van der Waals surface area contributed by atoms with Gasteiger partial charge in [0.05, 0.1) is 19.0 Å². The Labute approximate surface area is 178 Å². The Kier molecular flexibility index (Phi) is 5.05. The minimum Gasteiger partial charge on any atom is -0.496 e. The second-order valence-corrected chi connectivity index (χ2v) is 7.94. The third-order valence-electron chi connectivity index (χ3n) is 6.21. The van der Waals surface area contributed by atoms with E-state index in [2.05, 4.69) is 15.0 Å². The minimum atomic E-state index is -2.77. The predicted molar refractivity (Wildman–Crippen MR) is 110 cm³/mol. The van der Waals surface area contributed by atoms with E-state index in [9.17, 15) is 13.6 Å². The first-order valence-corrected chi connectivity index (χ1v) is 10.4. The lowest BCUT2D eigenvalue weighted by atomic mass is 10.1. The summed E-state index contributed by atoms with van der Waals surface area (Å²) in [4.78, 5) is 22.1. The molecule has 0 spiro atoms. The minimum absolute atomic E-state index is 0.137. The van der Waals surface area contributed by atoms with Gasteiger partial charge in [0.15, 0.2) is 5.65 Å². The van der Waals surface area contributed by atoms with Crippen LogP contribution in [0.5, 0.6) is 5.75 Å². The Hall–Kier alpha value is -3.07. The largest absolute Gasteiger partial charge is 0.496 e. The van der Waals surface area contributed by atoms with Crippen LogP contribution in [0.15, 0.2) is 36.5 Å². The van der Waals surface area contributed by atoms with Crippen molar-refractivity contribution in [2.75, 3.05) is 33.3 Å². The fourth-order valence-electron chi connectivity index (χ4n) is 4.63. The van der Waals surface area contributed by atoms with Gasteiger partial charge in [0.2, 0.25) is 0 Å². The molecule has 2 aliphatic heterocycles. The summed E-state index contributed by atoms with van der Waals surface area (Å²) < 4.78 is 34.2. The normalized spacial score (nSPS) is 19.2. The molecule has 4 heterocycles. The summed E-state index contributed by atoms with van der Waals surface area (Å²) in [6.45, 7) is 3.16. The number of carbonyl (C=O) groups is 1. The van der Waals surface area contributed by atoms with Gasteiger partial charge in [0.25, 0.3) is 12.3 Å². The van der Waals surface area contributed by atoms with E-state index in [4.69, 9.17) is 4.74 Å². The van der Waals surface area contributed by atoms with E-state index in [1.165, 1.54) is 19.4 Å². The van der Waals surface area contributed by atoms with Gasteiger partial charge in [-0.15, -0.1) is 0 Å². The Bertz CT molecular complexity index is 1130. The van der Waals surface area contributed by atoms with Gasteiger partial charge in [-0.1, -0.05) is 12.1 Å². The molecule has 162 valence electrons. The van der Waals surface area contributed by atoms with Crippen molar-refractivity contribution in [1.82, 2.24) is 24.4 Å². The molecule has 1 amide bonds. The quantitative estimate of drug-likeness (QED) is 0.640. The zero-order valence-corrected chi connectivity index (χ0v) is 17.2. The highest BCUT2D eigenvalue weighted by Gasteiger charge is 2.34. The molecule has 2 fully saturated rings. The average Bonchev–Trinajstić information content (AvgIpc) is 3.44. The van der Waals surface area contributed by atoms with Crippen LogP contribution in [0.2, 0.25) is 0 Å². The van der Waals surface area contributed by atoms with Crippen LogP contribution in [0, 0.1) is 0 Å². The highest BCUT2D eigenvalue weighted by molar-refractivity contribution is 6.00. The van der Waals surface area contributed by atoms with Crippen LogP contribution in [-0.4, -0.2) is 69.6 Å². The monoisotopic (exact) mass is 427 g/mol. The second kappa shape index (κ2) is 7.88. The smallest absolute Gasteiger partial charge is 0.280 e. The number of nitrogens with zero attached hydrogens (tertiary/aromatic N) is 5. The van der Waals surface area contributed by atoms with Crippen molar-refractivity contribution in [2.24, 2.45) is 0 Å². The maximum Gasteiger partial charge on any atom is 0.280 e. The first kappa shape index (κ1) is 19.9. The Morgan fingerprint density at radius 1 is 1.23 bits per heavy atom. The van der Waals surface area contributed by atoms with Crippen LogP contribution in [0.25, 0.3) is 16.9 Å². The van der Waals surface area contributed by atoms with Gasteiger partial charge in [-0.05, 0) is 37.6 Å². The molecule has 0 bridgehead atoms. The molecular weight excluding hydrogens is 404 g/mol. The molecule has 0 saturated carbocycles. The summed E-state index contributed by atoms with van der Waals surface area (Å²) in [5.74, 6) is 0.302. The van der Waals surface area contributed by atoms with E-state index in [0.29, 0.717) is 36.1 Å². The summed E-state index contributed by atoms with van der Waals surface area (Å²) in [6, 6.07) is 8.75. The maximum atomic E-state index is 13.9. The van der Waals surface area contributed by atoms with E-state index in [1.807, 2.05) is 0 Å². The van der Waals surface area contributed by atoms with Crippen molar-refractivity contribution in [2.45, 2.75) is 25.3 Å². The van der Waals surface area contributed by atoms with Crippen molar-refractivity contribution in [3.05, 3.63) is 47.8 Å². The predicted octanol–water partition coefficient (Wildman–Crippen LogP) is 3.26. The standard InChI is InChI=1S/C22H23F2N5O2/c1-31-19-7-3-2-6-15(19)17-11-18(20(23)24)29-21(26-17)16(12-25-29)22(30)28-10-9-27-8-4-5-14(27)13-28/h2-3,6-7,11-12,14,20H,4-5,8-10,13H2,1H3. The van der Waals surface area contributed by atoms with E-state index in [0.717, 1.165) is 30.4 Å². The molecular formula is C22H23F2N5O2. The number of amides is 1. The van der Waals surface area contributed by atoms with Crippen molar-refractivity contribution in [1.29, 1.82) is 0 Å². The van der Waals surface area contributed by atoms with Crippen LogP contribution >= 0.6 is 0 Å². The Balaban J connectivity index is 1.58. The number of para-hydroxylation sites is 1. The molecule has 2 aliphatic rings. The highest BCUT2D eigenvalue weighted by Crippen LogP contribution is 2.32. The SMILES string of the molecule is COc1ccccc1-c1cc(C(F)F)n2ncc(C(=O)N3CCN4CCCC4C3)c2n1. The number of aromatic nitrogens is 3. The number of fused-ring (bicyclic) bond motifs is 2. The first-order valence-electron chi connectivity index (χ1n) is 10.4. The molecule has 9 heteroatoms. The van der Waals surface area contributed by atoms with Gasteiger partial charge in [-0.25, -0.2) is 18.3 Å². The number of rotatable bonds is 4. The van der Waals surface area contributed by atoms with Crippen LogP contribution in [0.3, 0.4) is 0 Å². The summed E-state index contributed by atoms with van der Waals surface area (Å²) in [7, 11) is 1.52. The third kappa shape index (κ3) is 3.42. The lowest BCUT2D eigenvalue weighted by molar-refractivity contribution is 0.0573. The molecule has 1 atom stereocenters. The molecule has 3 aromatic rings. The van der Waals surface area contributed by atoms with Crippen LogP contribution in [-0.2, 0) is 0 Å². The molecule has 31 heavy (non-hydrogen) atoms. The van der Waals surface area contributed by atoms with E-state index in [1.54, 1.807) is 29.2 Å². The van der Waals surface area contributed by atoms with Crippen LogP contribution in [0.4, 0.5) is 8.78 Å². The molecule has 0 radical (unpaired) electrons. The number of piperazine rings is 1. The molecule has 2 aromatic heterocycles. The van der Waals surface area contributed by atoms with Crippen molar-refractivity contribution in [3.8, 4) is 17.0 Å². The van der Waals surface area contributed by atoms with E-state index in [-0.39, 0.29) is 22.8 Å². The van der Waals surface area contributed by atoms with Gasteiger partial charge in [0, 0.05) is 31.2 Å². The van der Waals surface area contributed by atoms with E-state index >= 15 is 0 Å². The lowest BCUT2D eigenvalue weighted by Crippen LogP contribution is -2.52. The van der Waals surface area contributed by atoms with Gasteiger partial charge in [-0.3, -0.25) is 9.69 Å². The Morgan fingerprint density at radius 2 is 2.06 bits per heavy atom. The number of benzene rings is 1.